The Balaban J connectivity index is 2.15. The van der Waals surface area contributed by atoms with Gasteiger partial charge in [0, 0.05) is 6.04 Å². The van der Waals surface area contributed by atoms with E-state index >= 15 is 0 Å². The zero-order chi connectivity index (χ0) is 13.2. The minimum Gasteiger partial charge on any atom is -0.467 e. The highest BCUT2D eigenvalue weighted by atomic mass is 16.5. The summed E-state index contributed by atoms with van der Waals surface area (Å²) in [5.74, 6) is 0.678. The third kappa shape index (κ3) is 2.80. The Morgan fingerprint density at radius 2 is 2.06 bits per heavy atom. The van der Waals surface area contributed by atoms with Gasteiger partial charge in [0.15, 0.2) is 0 Å². The van der Waals surface area contributed by atoms with Gasteiger partial charge in [-0.05, 0) is 18.3 Å². The number of methoxy groups -OCH3 is 1. The molecule has 0 radical (unpaired) electrons. The molecule has 1 aliphatic carbocycles. The van der Waals surface area contributed by atoms with Crippen LogP contribution >= 0.6 is 0 Å². The second kappa shape index (κ2) is 4.96. The lowest BCUT2D eigenvalue weighted by molar-refractivity contribution is 0.216. The lowest BCUT2D eigenvalue weighted by Gasteiger charge is -2.39. The van der Waals surface area contributed by atoms with Gasteiger partial charge in [-0.2, -0.15) is 15.0 Å². The zero-order valence-corrected chi connectivity index (χ0v) is 11.2. The molecule has 2 rings (SSSR count). The van der Waals surface area contributed by atoms with Crippen molar-refractivity contribution in [2.75, 3.05) is 18.2 Å². The minimum atomic E-state index is 0.179. The fourth-order valence-electron chi connectivity index (χ4n) is 2.45. The average molecular weight is 251 g/mol. The summed E-state index contributed by atoms with van der Waals surface area (Å²) in [6.07, 6.45) is 4.86. The molecular weight excluding hydrogens is 230 g/mol. The van der Waals surface area contributed by atoms with E-state index < -0.39 is 0 Å². The largest absolute Gasteiger partial charge is 0.467 e. The van der Waals surface area contributed by atoms with Crippen LogP contribution in [0.25, 0.3) is 0 Å². The Morgan fingerprint density at radius 1 is 1.28 bits per heavy atom. The fraction of sp³-hybridized carbons (Fsp3) is 0.750. The van der Waals surface area contributed by atoms with E-state index in [2.05, 4.69) is 34.1 Å². The normalized spacial score (nSPS) is 22.5. The van der Waals surface area contributed by atoms with Gasteiger partial charge in [0.1, 0.15) is 0 Å². The van der Waals surface area contributed by atoms with Crippen molar-refractivity contribution in [2.45, 2.75) is 45.6 Å². The van der Waals surface area contributed by atoms with Crippen molar-refractivity contribution in [1.29, 1.82) is 0 Å². The summed E-state index contributed by atoms with van der Waals surface area (Å²) in [5.41, 5.74) is 5.87. The molecule has 6 heteroatoms. The quantitative estimate of drug-likeness (QED) is 0.852. The summed E-state index contributed by atoms with van der Waals surface area (Å²) in [5, 5.41) is 3.36. The van der Waals surface area contributed by atoms with Gasteiger partial charge >= 0.3 is 6.01 Å². The van der Waals surface area contributed by atoms with Crippen molar-refractivity contribution < 1.29 is 4.74 Å². The maximum Gasteiger partial charge on any atom is 0.322 e. The van der Waals surface area contributed by atoms with Crippen LogP contribution in [0, 0.1) is 5.41 Å². The number of anilines is 2. The molecule has 0 aromatic carbocycles. The molecule has 0 amide bonds. The van der Waals surface area contributed by atoms with E-state index in [0.29, 0.717) is 12.0 Å². The monoisotopic (exact) mass is 251 g/mol. The smallest absolute Gasteiger partial charge is 0.322 e. The Kier molecular flexibility index (Phi) is 3.54. The number of hydrogen-bond donors (Lipinski definition) is 2. The van der Waals surface area contributed by atoms with Crippen LogP contribution < -0.4 is 15.8 Å². The Morgan fingerprint density at radius 3 is 2.72 bits per heavy atom. The minimum absolute atomic E-state index is 0.179. The summed E-state index contributed by atoms with van der Waals surface area (Å²) in [7, 11) is 1.52. The number of nitrogens with two attached hydrogens (primary N) is 1. The molecule has 1 aromatic rings. The van der Waals surface area contributed by atoms with Crippen LogP contribution in [0.15, 0.2) is 0 Å². The van der Waals surface area contributed by atoms with Crippen LogP contribution in [0.3, 0.4) is 0 Å². The second-order valence-corrected chi connectivity index (χ2v) is 5.44. The summed E-state index contributed by atoms with van der Waals surface area (Å²) < 4.78 is 4.99. The van der Waals surface area contributed by atoms with Gasteiger partial charge in [0.05, 0.1) is 7.11 Å². The lowest BCUT2D eigenvalue weighted by atomic mass is 9.73. The first-order valence-corrected chi connectivity index (χ1v) is 6.33. The van der Waals surface area contributed by atoms with Crippen LogP contribution in [-0.4, -0.2) is 28.1 Å². The van der Waals surface area contributed by atoms with E-state index in [0.717, 1.165) is 6.42 Å². The Labute approximate surface area is 107 Å². The molecule has 18 heavy (non-hydrogen) atoms. The van der Waals surface area contributed by atoms with Crippen molar-refractivity contribution in [1.82, 2.24) is 15.0 Å². The predicted molar refractivity (Wildman–Crippen MR) is 70.5 cm³/mol. The third-order valence-corrected chi connectivity index (χ3v) is 3.63. The predicted octanol–water partition coefficient (Wildman–Crippen LogP) is 1.84. The molecule has 6 nitrogen and oxygen atoms in total. The summed E-state index contributed by atoms with van der Waals surface area (Å²) in [6.45, 7) is 4.54. The van der Waals surface area contributed by atoms with Gasteiger partial charge in [-0.15, -0.1) is 0 Å². The topological polar surface area (TPSA) is 86.0 Å². The van der Waals surface area contributed by atoms with E-state index in [1.54, 1.807) is 0 Å². The van der Waals surface area contributed by atoms with Crippen LogP contribution in [0.4, 0.5) is 11.9 Å². The summed E-state index contributed by atoms with van der Waals surface area (Å²) >= 11 is 0. The lowest BCUT2D eigenvalue weighted by Crippen LogP contribution is -2.39. The number of aromatic nitrogens is 3. The maximum atomic E-state index is 5.63. The summed E-state index contributed by atoms with van der Waals surface area (Å²) in [6, 6.07) is 0.608. The van der Waals surface area contributed by atoms with E-state index in [9.17, 15) is 0 Å². The van der Waals surface area contributed by atoms with Crippen molar-refractivity contribution in [2.24, 2.45) is 5.41 Å². The highest BCUT2D eigenvalue weighted by Crippen LogP contribution is 2.36. The highest BCUT2D eigenvalue weighted by Gasteiger charge is 2.32. The standard InChI is InChI=1S/C12H21N5O/c1-12(2)7-5-4-6-8(12)14-10-15-9(13)16-11(17-10)18-3/h8H,4-7H2,1-3H3,(H3,13,14,15,16,17). The number of rotatable bonds is 3. The van der Waals surface area contributed by atoms with Crippen molar-refractivity contribution >= 4 is 11.9 Å². The molecule has 1 fully saturated rings. The summed E-state index contributed by atoms with van der Waals surface area (Å²) in [4.78, 5) is 12.2. The first-order valence-electron chi connectivity index (χ1n) is 6.33. The van der Waals surface area contributed by atoms with Crippen LogP contribution in [-0.2, 0) is 0 Å². The van der Waals surface area contributed by atoms with Gasteiger partial charge in [-0.1, -0.05) is 26.7 Å². The number of hydrogen-bond acceptors (Lipinski definition) is 6. The van der Waals surface area contributed by atoms with E-state index in [4.69, 9.17) is 10.5 Å². The molecule has 1 unspecified atom stereocenters. The highest BCUT2D eigenvalue weighted by molar-refractivity contribution is 5.34. The molecule has 3 N–H and O–H groups in total. The van der Waals surface area contributed by atoms with Crippen LogP contribution in [0.1, 0.15) is 39.5 Å². The molecule has 1 saturated carbocycles. The van der Waals surface area contributed by atoms with Gasteiger partial charge in [0.25, 0.3) is 0 Å². The molecule has 1 aliphatic rings. The Bertz CT molecular complexity index is 421. The van der Waals surface area contributed by atoms with Crippen molar-refractivity contribution in [3.63, 3.8) is 0 Å². The number of nitrogens with one attached hydrogen (secondary N) is 1. The number of nitrogens with zero attached hydrogens (tertiary/aromatic N) is 3. The van der Waals surface area contributed by atoms with E-state index in [1.807, 2.05) is 0 Å². The average Bonchev–Trinajstić information content (AvgIpc) is 2.31. The fourth-order valence-corrected chi connectivity index (χ4v) is 2.45. The SMILES string of the molecule is COc1nc(N)nc(NC2CCCCC2(C)C)n1. The molecule has 100 valence electrons. The van der Waals surface area contributed by atoms with Crippen LogP contribution in [0.5, 0.6) is 6.01 Å². The van der Waals surface area contributed by atoms with Crippen molar-refractivity contribution in [3.8, 4) is 6.01 Å². The number of ether oxygens (including phenoxy) is 1. The number of nitrogen functional groups attached to an aromatic ring is 1. The van der Waals surface area contributed by atoms with Crippen LogP contribution in [0.2, 0.25) is 0 Å². The molecule has 1 heterocycles. The first-order chi connectivity index (χ1) is 8.51. The van der Waals surface area contributed by atoms with Gasteiger partial charge in [-0.25, -0.2) is 0 Å². The molecule has 0 bridgehead atoms. The third-order valence-electron chi connectivity index (χ3n) is 3.63. The molecule has 0 saturated heterocycles. The molecule has 1 atom stereocenters. The Hall–Kier alpha value is -1.59. The van der Waals surface area contributed by atoms with Gasteiger partial charge in [-0.3, -0.25) is 0 Å². The van der Waals surface area contributed by atoms with E-state index in [1.165, 1.54) is 26.4 Å². The first kappa shape index (κ1) is 12.9. The maximum absolute atomic E-state index is 5.63. The van der Waals surface area contributed by atoms with E-state index in [-0.39, 0.29) is 17.4 Å². The molecule has 0 aliphatic heterocycles. The second-order valence-electron chi connectivity index (χ2n) is 5.44. The zero-order valence-electron chi connectivity index (χ0n) is 11.2. The molecular formula is C12H21N5O. The van der Waals surface area contributed by atoms with Gasteiger partial charge in [0.2, 0.25) is 11.9 Å². The molecule has 0 spiro atoms. The van der Waals surface area contributed by atoms with Crippen molar-refractivity contribution in [3.05, 3.63) is 0 Å². The van der Waals surface area contributed by atoms with Gasteiger partial charge < -0.3 is 15.8 Å². The molecule has 1 aromatic heterocycles.